The van der Waals surface area contributed by atoms with E-state index in [2.05, 4.69) is 20.4 Å². The Bertz CT molecular complexity index is 497. The lowest BCUT2D eigenvalue weighted by atomic mass is 10.1. The minimum atomic E-state index is -4.29. The zero-order chi connectivity index (χ0) is 18.1. The molecule has 1 aromatic rings. The predicted octanol–water partition coefficient (Wildman–Crippen LogP) is 3.10. The van der Waals surface area contributed by atoms with E-state index < -0.39 is 18.4 Å². The molecule has 146 valence electrons. The lowest BCUT2D eigenvalue weighted by molar-refractivity contribution is -0.173. The van der Waals surface area contributed by atoms with Crippen molar-refractivity contribution in [3.05, 3.63) is 22.4 Å². The van der Waals surface area contributed by atoms with E-state index in [1.165, 1.54) is 11.3 Å². The SMILES string of the molecule is CCNC(=NCC(C)(O)c1cccs1)NCCCOCC(F)(F)F.I. The number of rotatable bonds is 9. The van der Waals surface area contributed by atoms with Gasteiger partial charge in [0.1, 0.15) is 12.2 Å². The van der Waals surface area contributed by atoms with E-state index >= 15 is 0 Å². The number of alkyl halides is 3. The molecular formula is C15H25F3IN3O2S. The third-order valence-electron chi connectivity index (χ3n) is 2.96. The Hall–Kier alpha value is -0.590. The van der Waals surface area contributed by atoms with Crippen LogP contribution in [0.4, 0.5) is 13.2 Å². The highest BCUT2D eigenvalue weighted by atomic mass is 127. The summed E-state index contributed by atoms with van der Waals surface area (Å²) >= 11 is 1.46. The number of hydrogen-bond donors (Lipinski definition) is 3. The maximum atomic E-state index is 11.9. The van der Waals surface area contributed by atoms with Gasteiger partial charge in [0.25, 0.3) is 0 Å². The standard InChI is InChI=1S/C15H24F3N3O2S.HI/c1-3-19-13(20-7-5-8-23-11-15(16,17)18)21-10-14(2,22)12-6-4-9-24-12;/h4,6,9,22H,3,5,7-8,10-11H2,1-2H3,(H2,19,20,21);1H. The normalized spacial score (nSPS) is 14.6. The van der Waals surface area contributed by atoms with E-state index in [9.17, 15) is 18.3 Å². The first-order chi connectivity index (χ1) is 11.2. The number of hydrogen-bond acceptors (Lipinski definition) is 4. The maximum Gasteiger partial charge on any atom is 0.411 e. The molecule has 1 heterocycles. The monoisotopic (exact) mass is 495 g/mol. The van der Waals surface area contributed by atoms with Gasteiger partial charge in [0.15, 0.2) is 5.96 Å². The number of ether oxygens (including phenoxy) is 1. The molecule has 0 aliphatic carbocycles. The maximum absolute atomic E-state index is 11.9. The molecule has 10 heteroatoms. The van der Waals surface area contributed by atoms with Gasteiger partial charge in [-0.2, -0.15) is 13.2 Å². The average Bonchev–Trinajstić information content (AvgIpc) is 3.02. The third-order valence-corrected chi connectivity index (χ3v) is 4.09. The summed E-state index contributed by atoms with van der Waals surface area (Å²) in [5.41, 5.74) is -1.06. The first-order valence-electron chi connectivity index (χ1n) is 7.67. The highest BCUT2D eigenvalue weighted by molar-refractivity contribution is 14.0. The van der Waals surface area contributed by atoms with Gasteiger partial charge in [0.05, 0.1) is 6.54 Å². The zero-order valence-electron chi connectivity index (χ0n) is 14.2. The summed E-state index contributed by atoms with van der Waals surface area (Å²) in [5, 5.41) is 18.3. The topological polar surface area (TPSA) is 65.9 Å². The molecule has 5 nitrogen and oxygen atoms in total. The van der Waals surface area contributed by atoms with Crippen molar-refractivity contribution in [1.29, 1.82) is 0 Å². The van der Waals surface area contributed by atoms with Gasteiger partial charge in [-0.1, -0.05) is 6.07 Å². The number of thiophene rings is 1. The molecule has 3 N–H and O–H groups in total. The minimum Gasteiger partial charge on any atom is -0.383 e. The molecule has 0 aliphatic heterocycles. The molecule has 25 heavy (non-hydrogen) atoms. The van der Waals surface area contributed by atoms with Crippen LogP contribution in [0, 0.1) is 0 Å². The van der Waals surface area contributed by atoms with Crippen LogP contribution in [0.3, 0.4) is 0 Å². The quantitative estimate of drug-likeness (QED) is 0.213. The van der Waals surface area contributed by atoms with Gasteiger partial charge in [-0.15, -0.1) is 35.3 Å². The number of nitrogens with zero attached hydrogens (tertiary/aromatic N) is 1. The summed E-state index contributed by atoms with van der Waals surface area (Å²) in [6.07, 6.45) is -3.88. The zero-order valence-corrected chi connectivity index (χ0v) is 17.4. The van der Waals surface area contributed by atoms with Gasteiger partial charge in [-0.3, -0.25) is 0 Å². The van der Waals surface area contributed by atoms with Crippen molar-refractivity contribution >= 4 is 41.3 Å². The van der Waals surface area contributed by atoms with Crippen LogP contribution in [0.15, 0.2) is 22.5 Å². The number of halogens is 4. The van der Waals surface area contributed by atoms with Gasteiger partial charge >= 0.3 is 6.18 Å². The molecule has 1 rings (SSSR count). The lowest BCUT2D eigenvalue weighted by Crippen LogP contribution is -2.39. The minimum absolute atomic E-state index is 0. The molecule has 0 aliphatic rings. The molecule has 0 amide bonds. The van der Waals surface area contributed by atoms with E-state index in [1.807, 2.05) is 24.4 Å². The summed E-state index contributed by atoms with van der Waals surface area (Å²) in [6.45, 7) is 3.61. The highest BCUT2D eigenvalue weighted by Crippen LogP contribution is 2.25. The Balaban J connectivity index is 0.00000576. The third kappa shape index (κ3) is 10.9. The van der Waals surface area contributed by atoms with Gasteiger partial charge in [-0.25, -0.2) is 4.99 Å². The molecule has 0 saturated carbocycles. The van der Waals surface area contributed by atoms with Gasteiger partial charge < -0.3 is 20.5 Å². The molecule has 0 saturated heterocycles. The second-order valence-corrected chi connectivity index (χ2v) is 6.34. The van der Waals surface area contributed by atoms with Crippen LogP contribution in [0.1, 0.15) is 25.1 Å². The molecule has 0 bridgehead atoms. The smallest absolute Gasteiger partial charge is 0.383 e. The molecular weight excluding hydrogens is 470 g/mol. The van der Waals surface area contributed by atoms with E-state index in [1.54, 1.807) is 6.92 Å². The van der Waals surface area contributed by atoms with Crippen molar-refractivity contribution < 1.29 is 23.0 Å². The Morgan fingerprint density at radius 3 is 2.64 bits per heavy atom. The van der Waals surface area contributed by atoms with Crippen LogP contribution in [0.5, 0.6) is 0 Å². The molecule has 1 atom stereocenters. The van der Waals surface area contributed by atoms with Crippen molar-refractivity contribution in [1.82, 2.24) is 10.6 Å². The summed E-state index contributed by atoms with van der Waals surface area (Å²) in [4.78, 5) is 5.15. The van der Waals surface area contributed by atoms with Crippen LogP contribution >= 0.6 is 35.3 Å². The Morgan fingerprint density at radius 2 is 2.08 bits per heavy atom. The summed E-state index contributed by atoms with van der Waals surface area (Å²) < 4.78 is 40.3. The number of aliphatic imine (C=N–C) groups is 1. The summed E-state index contributed by atoms with van der Waals surface area (Å²) in [7, 11) is 0. The van der Waals surface area contributed by atoms with Crippen molar-refractivity contribution in [3.8, 4) is 0 Å². The fourth-order valence-electron chi connectivity index (χ4n) is 1.81. The van der Waals surface area contributed by atoms with E-state index in [0.29, 0.717) is 25.5 Å². The molecule has 0 aromatic carbocycles. The van der Waals surface area contributed by atoms with Crippen LogP contribution in [-0.2, 0) is 10.3 Å². The molecule has 0 radical (unpaired) electrons. The van der Waals surface area contributed by atoms with Gasteiger partial charge in [-0.05, 0) is 31.7 Å². The van der Waals surface area contributed by atoms with Crippen molar-refractivity contribution in [2.45, 2.75) is 32.0 Å². The summed E-state index contributed by atoms with van der Waals surface area (Å²) in [5.74, 6) is 0.505. The Morgan fingerprint density at radius 1 is 1.36 bits per heavy atom. The van der Waals surface area contributed by atoms with Crippen molar-refractivity contribution in [3.63, 3.8) is 0 Å². The average molecular weight is 495 g/mol. The van der Waals surface area contributed by atoms with Crippen LogP contribution < -0.4 is 10.6 Å². The largest absolute Gasteiger partial charge is 0.411 e. The van der Waals surface area contributed by atoms with Crippen molar-refractivity contribution in [2.75, 3.05) is 32.8 Å². The van der Waals surface area contributed by atoms with Crippen LogP contribution in [0.2, 0.25) is 0 Å². The molecule has 1 unspecified atom stereocenters. The predicted molar refractivity (Wildman–Crippen MR) is 105 cm³/mol. The number of nitrogens with one attached hydrogen (secondary N) is 2. The second-order valence-electron chi connectivity index (χ2n) is 5.39. The van der Waals surface area contributed by atoms with Crippen molar-refractivity contribution in [2.24, 2.45) is 4.99 Å². The second kappa shape index (κ2) is 11.9. The Labute approximate surface area is 167 Å². The fourth-order valence-corrected chi connectivity index (χ4v) is 2.59. The fraction of sp³-hybridized carbons (Fsp3) is 0.667. The van der Waals surface area contributed by atoms with Crippen LogP contribution in [-0.4, -0.2) is 50.1 Å². The number of guanidine groups is 1. The first kappa shape index (κ1) is 24.4. The van der Waals surface area contributed by atoms with Gasteiger partial charge in [0, 0.05) is 24.6 Å². The Kier molecular flexibility index (Phi) is 11.6. The highest BCUT2D eigenvalue weighted by Gasteiger charge is 2.27. The first-order valence-corrected chi connectivity index (χ1v) is 8.55. The molecule has 1 aromatic heterocycles. The lowest BCUT2D eigenvalue weighted by Gasteiger charge is -2.20. The molecule has 0 fully saturated rings. The number of aliphatic hydroxyl groups is 1. The van der Waals surface area contributed by atoms with E-state index in [4.69, 9.17) is 0 Å². The van der Waals surface area contributed by atoms with Gasteiger partial charge in [0.2, 0.25) is 0 Å². The van der Waals surface area contributed by atoms with E-state index in [-0.39, 0.29) is 37.1 Å². The summed E-state index contributed by atoms with van der Waals surface area (Å²) in [6, 6.07) is 3.71. The van der Waals surface area contributed by atoms with E-state index in [0.717, 1.165) is 4.88 Å². The molecule has 0 spiro atoms. The van der Waals surface area contributed by atoms with Crippen LogP contribution in [0.25, 0.3) is 0 Å².